The van der Waals surface area contributed by atoms with E-state index in [0.29, 0.717) is 11.6 Å². The highest BCUT2D eigenvalue weighted by atomic mass is 16.1. The highest BCUT2D eigenvalue weighted by molar-refractivity contribution is 6.02. The zero-order valence-corrected chi connectivity index (χ0v) is 22.6. The van der Waals surface area contributed by atoms with E-state index in [2.05, 4.69) is 30.8 Å². The molecule has 2 aromatic rings. The first-order chi connectivity index (χ1) is 18.4. The SMILES string of the molecule is C=C(c1ccc(C(=O)C23CC4CC(CC(C4)C2)C3)cc1)c1ccc(C(=O)C23CC4CC(CC(C4)C2)C3)cc1. The molecule has 0 heterocycles. The first kappa shape index (κ1) is 23.4. The molecule has 2 nitrogen and oxygen atoms in total. The molecule has 2 heteroatoms. The lowest BCUT2D eigenvalue weighted by atomic mass is 9.48. The third-order valence-electron chi connectivity index (χ3n) is 12.0. The fourth-order valence-electron chi connectivity index (χ4n) is 11.2. The summed E-state index contributed by atoms with van der Waals surface area (Å²) >= 11 is 0. The van der Waals surface area contributed by atoms with Crippen LogP contribution in [-0.2, 0) is 0 Å². The maximum Gasteiger partial charge on any atom is 0.169 e. The van der Waals surface area contributed by atoms with Crippen molar-refractivity contribution in [2.45, 2.75) is 77.0 Å². The summed E-state index contributed by atoms with van der Waals surface area (Å²) in [6.07, 6.45) is 14.8. The molecule has 0 atom stereocenters. The summed E-state index contributed by atoms with van der Waals surface area (Å²) in [5, 5.41) is 0. The molecule has 8 fully saturated rings. The van der Waals surface area contributed by atoms with Crippen LogP contribution in [0.3, 0.4) is 0 Å². The van der Waals surface area contributed by atoms with E-state index in [-0.39, 0.29) is 10.8 Å². The van der Waals surface area contributed by atoms with E-state index in [1.54, 1.807) is 0 Å². The second-order valence-electron chi connectivity index (χ2n) is 14.7. The minimum Gasteiger partial charge on any atom is -0.294 e. The monoisotopic (exact) mass is 504 g/mol. The fraction of sp³-hybridized carbons (Fsp3) is 0.556. The summed E-state index contributed by atoms with van der Waals surface area (Å²) in [4.78, 5) is 27.5. The van der Waals surface area contributed by atoms with Gasteiger partial charge in [-0.15, -0.1) is 0 Å². The number of rotatable bonds is 6. The number of carbonyl (C=O) groups excluding carboxylic acids is 2. The van der Waals surface area contributed by atoms with Crippen LogP contribution in [0.4, 0.5) is 0 Å². The van der Waals surface area contributed by atoms with Crippen molar-refractivity contribution >= 4 is 17.1 Å². The van der Waals surface area contributed by atoms with Crippen LogP contribution in [0, 0.1) is 46.3 Å². The molecule has 8 aliphatic rings. The Bertz CT molecular complexity index is 1140. The second kappa shape index (κ2) is 8.26. The van der Waals surface area contributed by atoms with Crippen LogP contribution in [-0.4, -0.2) is 11.6 Å². The van der Waals surface area contributed by atoms with Crippen molar-refractivity contribution in [2.24, 2.45) is 46.3 Å². The Balaban J connectivity index is 0.980. The largest absolute Gasteiger partial charge is 0.294 e. The van der Waals surface area contributed by atoms with Gasteiger partial charge in [0.25, 0.3) is 0 Å². The molecule has 0 aromatic heterocycles. The maximum atomic E-state index is 13.7. The van der Waals surface area contributed by atoms with Crippen LogP contribution >= 0.6 is 0 Å². The van der Waals surface area contributed by atoms with E-state index in [0.717, 1.165) is 102 Å². The van der Waals surface area contributed by atoms with Crippen molar-refractivity contribution in [2.75, 3.05) is 0 Å². The van der Waals surface area contributed by atoms with Crippen LogP contribution in [0.5, 0.6) is 0 Å². The summed E-state index contributed by atoms with van der Waals surface area (Å²) in [6, 6.07) is 16.4. The van der Waals surface area contributed by atoms with Gasteiger partial charge in [-0.2, -0.15) is 0 Å². The first-order valence-corrected chi connectivity index (χ1v) is 15.4. The molecule has 0 amide bonds. The summed E-state index contributed by atoms with van der Waals surface area (Å²) in [5.74, 6) is 5.46. The standard InChI is InChI=1S/C36H40O2/c1-22(29-2-6-31(7-3-29)33(37)35-16-23-10-24(17-35)12-25(11-23)18-35)30-4-8-32(9-5-30)34(38)36-19-26-13-27(20-36)15-28(14-26)21-36/h2-9,23-28H,1,10-21H2. The Morgan fingerprint density at radius 1 is 0.474 bits per heavy atom. The van der Waals surface area contributed by atoms with Gasteiger partial charge in [0, 0.05) is 22.0 Å². The quantitative estimate of drug-likeness (QED) is 0.369. The minimum absolute atomic E-state index is 0.0909. The molecule has 0 N–H and O–H groups in total. The van der Waals surface area contributed by atoms with Gasteiger partial charge >= 0.3 is 0 Å². The summed E-state index contributed by atoms with van der Waals surface area (Å²) in [7, 11) is 0. The predicted molar refractivity (Wildman–Crippen MR) is 151 cm³/mol. The smallest absolute Gasteiger partial charge is 0.169 e. The topological polar surface area (TPSA) is 34.1 Å². The Kier molecular flexibility index (Phi) is 5.09. The number of ketones is 2. The Hall–Kier alpha value is -2.48. The molecule has 38 heavy (non-hydrogen) atoms. The summed E-state index contributed by atoms with van der Waals surface area (Å²) < 4.78 is 0. The second-order valence-corrected chi connectivity index (χ2v) is 14.7. The normalized spacial score (nSPS) is 39.9. The predicted octanol–water partition coefficient (Wildman–Crippen LogP) is 8.55. The van der Waals surface area contributed by atoms with Crippen molar-refractivity contribution in [1.82, 2.24) is 0 Å². The zero-order chi connectivity index (χ0) is 25.6. The van der Waals surface area contributed by atoms with Gasteiger partial charge in [-0.1, -0.05) is 55.1 Å². The maximum absolute atomic E-state index is 13.7. The van der Waals surface area contributed by atoms with Crippen LogP contribution in [0.1, 0.15) is 109 Å². The van der Waals surface area contributed by atoms with Crippen molar-refractivity contribution in [3.63, 3.8) is 0 Å². The Morgan fingerprint density at radius 2 is 0.711 bits per heavy atom. The minimum atomic E-state index is -0.0909. The van der Waals surface area contributed by atoms with Gasteiger partial charge in [-0.25, -0.2) is 0 Å². The highest BCUT2D eigenvalue weighted by Crippen LogP contribution is 2.62. The Morgan fingerprint density at radius 3 is 0.974 bits per heavy atom. The molecule has 8 bridgehead atoms. The molecule has 0 radical (unpaired) electrons. The van der Waals surface area contributed by atoms with E-state index >= 15 is 0 Å². The number of Topliss-reactive ketones (excluding diaryl/α,β-unsaturated/α-hetero) is 2. The van der Waals surface area contributed by atoms with Gasteiger partial charge in [0.05, 0.1) is 0 Å². The molecule has 0 unspecified atom stereocenters. The molecule has 0 aliphatic heterocycles. The summed E-state index contributed by atoms with van der Waals surface area (Å²) in [5.41, 5.74) is 4.62. The van der Waals surface area contributed by atoms with Crippen molar-refractivity contribution < 1.29 is 9.59 Å². The van der Waals surface area contributed by atoms with Gasteiger partial charge in [0.1, 0.15) is 0 Å². The number of hydrogen-bond acceptors (Lipinski definition) is 2. The van der Waals surface area contributed by atoms with Gasteiger partial charge < -0.3 is 0 Å². The van der Waals surface area contributed by atoms with Crippen molar-refractivity contribution in [3.05, 3.63) is 77.4 Å². The highest BCUT2D eigenvalue weighted by Gasteiger charge is 2.55. The molecular formula is C36H40O2. The van der Waals surface area contributed by atoms with Gasteiger partial charge in [-0.05, 0) is 129 Å². The number of benzene rings is 2. The zero-order valence-electron chi connectivity index (χ0n) is 22.6. The average molecular weight is 505 g/mol. The van der Waals surface area contributed by atoms with Crippen LogP contribution < -0.4 is 0 Å². The first-order valence-electron chi connectivity index (χ1n) is 15.4. The fourth-order valence-corrected chi connectivity index (χ4v) is 11.2. The van der Waals surface area contributed by atoms with Crippen LogP contribution in [0.2, 0.25) is 0 Å². The number of carbonyl (C=O) groups is 2. The third kappa shape index (κ3) is 3.58. The van der Waals surface area contributed by atoms with Crippen molar-refractivity contribution in [3.8, 4) is 0 Å². The van der Waals surface area contributed by atoms with Crippen molar-refractivity contribution in [1.29, 1.82) is 0 Å². The lowest BCUT2D eigenvalue weighted by Crippen LogP contribution is -2.50. The van der Waals surface area contributed by atoms with Gasteiger partial charge in [0.15, 0.2) is 11.6 Å². The molecule has 8 saturated carbocycles. The summed E-state index contributed by atoms with van der Waals surface area (Å²) in [6.45, 7) is 4.38. The average Bonchev–Trinajstić information content (AvgIpc) is 2.90. The molecular weight excluding hydrogens is 464 g/mol. The van der Waals surface area contributed by atoms with E-state index in [1.165, 1.54) is 38.5 Å². The van der Waals surface area contributed by atoms with Crippen LogP contribution in [0.15, 0.2) is 55.1 Å². The molecule has 196 valence electrons. The molecule has 8 aliphatic carbocycles. The van der Waals surface area contributed by atoms with E-state index in [4.69, 9.17) is 0 Å². The van der Waals surface area contributed by atoms with E-state index < -0.39 is 0 Å². The lowest BCUT2D eigenvalue weighted by molar-refractivity contribution is -0.0353. The molecule has 10 rings (SSSR count). The molecule has 0 saturated heterocycles. The van der Waals surface area contributed by atoms with E-state index in [1.807, 2.05) is 24.3 Å². The van der Waals surface area contributed by atoms with Gasteiger partial charge in [0.2, 0.25) is 0 Å². The third-order valence-corrected chi connectivity index (χ3v) is 12.0. The molecule has 0 spiro atoms. The lowest BCUT2D eigenvalue weighted by Gasteiger charge is -2.56. The van der Waals surface area contributed by atoms with E-state index in [9.17, 15) is 9.59 Å². The van der Waals surface area contributed by atoms with Gasteiger partial charge in [-0.3, -0.25) is 9.59 Å². The molecule has 2 aromatic carbocycles. The number of hydrogen-bond donors (Lipinski definition) is 0. The van der Waals surface area contributed by atoms with Crippen LogP contribution in [0.25, 0.3) is 5.57 Å². The Labute approximate surface area is 227 Å².